The van der Waals surface area contributed by atoms with E-state index < -0.39 is 0 Å². The third-order valence-corrected chi connectivity index (χ3v) is 3.27. The summed E-state index contributed by atoms with van der Waals surface area (Å²) >= 11 is 0. The summed E-state index contributed by atoms with van der Waals surface area (Å²) in [7, 11) is 0. The molecule has 0 spiro atoms. The quantitative estimate of drug-likeness (QED) is 0.648. The van der Waals surface area contributed by atoms with Gasteiger partial charge < -0.3 is 15.8 Å². The van der Waals surface area contributed by atoms with Gasteiger partial charge in [0.1, 0.15) is 11.9 Å². The molecule has 3 N–H and O–H groups in total. The van der Waals surface area contributed by atoms with Gasteiger partial charge in [0, 0.05) is 6.42 Å². The van der Waals surface area contributed by atoms with Gasteiger partial charge in [0.25, 0.3) is 0 Å². The first-order valence-corrected chi connectivity index (χ1v) is 7.82. The third kappa shape index (κ3) is 9.64. The lowest BCUT2D eigenvalue weighted by Gasteiger charge is -2.15. The minimum atomic E-state index is -0.0343. The highest BCUT2D eigenvalue weighted by atomic mass is 35.5. The van der Waals surface area contributed by atoms with Crippen molar-refractivity contribution >= 4 is 18.3 Å². The van der Waals surface area contributed by atoms with Crippen LogP contribution in [0.5, 0.6) is 5.75 Å². The van der Waals surface area contributed by atoms with Crippen LogP contribution in [0.1, 0.15) is 44.6 Å². The van der Waals surface area contributed by atoms with Crippen LogP contribution in [0.2, 0.25) is 0 Å². The van der Waals surface area contributed by atoms with Crippen molar-refractivity contribution in [2.24, 2.45) is 5.73 Å². The molecule has 0 aromatic heterocycles. The molecule has 1 rings (SSSR count). The Hall–Kier alpha value is -1.26. The summed E-state index contributed by atoms with van der Waals surface area (Å²) in [5, 5.41) is 2.92. The summed E-state index contributed by atoms with van der Waals surface area (Å²) in [4.78, 5) is 11.7. The normalized spacial score (nSPS) is 11.4. The molecule has 4 nitrogen and oxygen atoms in total. The first-order chi connectivity index (χ1) is 10.1. The lowest BCUT2D eigenvalue weighted by molar-refractivity contribution is -0.121. The third-order valence-electron chi connectivity index (χ3n) is 3.27. The Morgan fingerprint density at radius 2 is 2.00 bits per heavy atom. The van der Waals surface area contributed by atoms with E-state index in [9.17, 15) is 4.79 Å². The molecule has 0 aliphatic rings. The molecule has 0 fully saturated rings. The Kier molecular flexibility index (Phi) is 11.6. The summed E-state index contributed by atoms with van der Waals surface area (Å²) in [5.74, 6) is 0.945. The number of nitrogens with two attached hydrogens (primary N) is 1. The molecule has 1 aromatic rings. The Morgan fingerprint density at radius 3 is 2.68 bits per heavy atom. The summed E-state index contributed by atoms with van der Waals surface area (Å²) in [5.41, 5.74) is 6.60. The average Bonchev–Trinajstić information content (AvgIpc) is 2.45. The van der Waals surface area contributed by atoms with E-state index in [1.54, 1.807) is 0 Å². The molecule has 0 saturated carbocycles. The van der Waals surface area contributed by atoms with Gasteiger partial charge in [0.2, 0.25) is 5.91 Å². The molecule has 1 unspecified atom stereocenters. The van der Waals surface area contributed by atoms with Crippen molar-refractivity contribution in [1.29, 1.82) is 0 Å². The van der Waals surface area contributed by atoms with Gasteiger partial charge in [-0.3, -0.25) is 4.79 Å². The summed E-state index contributed by atoms with van der Waals surface area (Å²) in [6.07, 6.45) is 4.70. The van der Waals surface area contributed by atoms with Gasteiger partial charge in [-0.2, -0.15) is 0 Å². The highest BCUT2D eigenvalue weighted by molar-refractivity contribution is 5.85. The number of carbonyl (C=O) groups excluding carboxylic acids is 1. The average molecular weight is 329 g/mol. The molecular formula is C17H29ClN2O2. The van der Waals surface area contributed by atoms with Gasteiger partial charge in [0.05, 0.1) is 6.54 Å². The number of hydrogen-bond acceptors (Lipinski definition) is 3. The Labute approximate surface area is 140 Å². The maximum atomic E-state index is 11.7. The molecule has 22 heavy (non-hydrogen) atoms. The Morgan fingerprint density at radius 1 is 1.27 bits per heavy atom. The molecule has 1 atom stereocenters. The van der Waals surface area contributed by atoms with Crippen LogP contribution in [0.3, 0.4) is 0 Å². The van der Waals surface area contributed by atoms with Crippen LogP contribution in [-0.4, -0.2) is 25.1 Å². The zero-order valence-electron chi connectivity index (χ0n) is 13.6. The number of benzene rings is 1. The molecule has 0 saturated heterocycles. The van der Waals surface area contributed by atoms with Crippen LogP contribution < -0.4 is 15.8 Å². The molecule has 1 aromatic carbocycles. The minimum Gasteiger partial charge on any atom is -0.489 e. The van der Waals surface area contributed by atoms with E-state index in [0.29, 0.717) is 13.0 Å². The van der Waals surface area contributed by atoms with E-state index in [2.05, 4.69) is 5.32 Å². The highest BCUT2D eigenvalue weighted by Gasteiger charge is 2.07. The number of aryl methyl sites for hydroxylation is 1. The highest BCUT2D eigenvalue weighted by Crippen LogP contribution is 2.13. The van der Waals surface area contributed by atoms with Crippen LogP contribution in [0.4, 0.5) is 0 Å². The van der Waals surface area contributed by atoms with Crippen molar-refractivity contribution in [2.45, 2.75) is 52.1 Å². The summed E-state index contributed by atoms with van der Waals surface area (Å²) in [6.45, 7) is 5.27. The fourth-order valence-electron chi connectivity index (χ4n) is 2.09. The van der Waals surface area contributed by atoms with E-state index >= 15 is 0 Å². The van der Waals surface area contributed by atoms with Crippen molar-refractivity contribution < 1.29 is 9.53 Å². The van der Waals surface area contributed by atoms with Crippen LogP contribution >= 0.6 is 12.4 Å². The number of carbonyl (C=O) groups is 1. The lowest BCUT2D eigenvalue weighted by atomic mass is 10.1. The number of rotatable bonds is 10. The summed E-state index contributed by atoms with van der Waals surface area (Å²) in [6, 6.07) is 7.93. The molecule has 1 amide bonds. The van der Waals surface area contributed by atoms with Crippen LogP contribution in [0.15, 0.2) is 24.3 Å². The van der Waals surface area contributed by atoms with Gasteiger partial charge in [0.15, 0.2) is 0 Å². The van der Waals surface area contributed by atoms with Crippen LogP contribution in [-0.2, 0) is 4.79 Å². The molecule has 0 aliphatic heterocycles. The molecule has 0 heterocycles. The second-order valence-corrected chi connectivity index (χ2v) is 5.50. The van der Waals surface area contributed by atoms with Crippen molar-refractivity contribution in [1.82, 2.24) is 5.32 Å². The second kappa shape index (κ2) is 12.3. The monoisotopic (exact) mass is 328 g/mol. The van der Waals surface area contributed by atoms with E-state index in [4.69, 9.17) is 10.5 Å². The Balaban J connectivity index is 0.00000441. The molecule has 0 bridgehead atoms. The van der Waals surface area contributed by atoms with Crippen LogP contribution in [0, 0.1) is 6.92 Å². The fraction of sp³-hybridized carbons (Fsp3) is 0.588. The number of hydrogen-bond donors (Lipinski definition) is 2. The minimum absolute atomic E-state index is 0. The van der Waals surface area contributed by atoms with Crippen molar-refractivity contribution in [3.05, 3.63) is 29.8 Å². The van der Waals surface area contributed by atoms with Crippen molar-refractivity contribution in [3.63, 3.8) is 0 Å². The van der Waals surface area contributed by atoms with Crippen molar-refractivity contribution in [3.8, 4) is 5.75 Å². The number of unbranched alkanes of at least 4 members (excludes halogenated alkanes) is 3. The molecular weight excluding hydrogens is 300 g/mol. The lowest BCUT2D eigenvalue weighted by Crippen LogP contribution is -2.33. The SMILES string of the molecule is Cc1cccc(OC(C)CNC(=O)CCCCCCN)c1.Cl. The molecule has 0 radical (unpaired) electrons. The zero-order valence-corrected chi connectivity index (χ0v) is 14.5. The largest absolute Gasteiger partial charge is 0.489 e. The number of ether oxygens (including phenoxy) is 1. The number of halogens is 1. The van der Waals surface area contributed by atoms with E-state index in [-0.39, 0.29) is 24.4 Å². The predicted molar refractivity (Wildman–Crippen MR) is 93.7 cm³/mol. The van der Waals surface area contributed by atoms with Gasteiger partial charge in [-0.15, -0.1) is 12.4 Å². The number of amides is 1. The zero-order chi connectivity index (χ0) is 15.5. The smallest absolute Gasteiger partial charge is 0.220 e. The first kappa shape index (κ1) is 20.7. The fourth-order valence-corrected chi connectivity index (χ4v) is 2.09. The van der Waals surface area contributed by atoms with E-state index in [1.807, 2.05) is 38.1 Å². The second-order valence-electron chi connectivity index (χ2n) is 5.50. The number of nitrogens with one attached hydrogen (secondary N) is 1. The Bertz CT molecular complexity index is 427. The van der Waals surface area contributed by atoms with E-state index in [0.717, 1.165) is 38.0 Å². The molecule has 126 valence electrons. The van der Waals surface area contributed by atoms with Crippen molar-refractivity contribution in [2.75, 3.05) is 13.1 Å². The standard InChI is InChI=1S/C17H28N2O2.ClH/c1-14-8-7-9-16(12-14)21-15(2)13-19-17(20)10-5-3-4-6-11-18;/h7-9,12,15H,3-6,10-11,13,18H2,1-2H3,(H,19,20);1H. The first-order valence-electron chi connectivity index (χ1n) is 7.82. The van der Waals surface area contributed by atoms with Crippen LogP contribution in [0.25, 0.3) is 0 Å². The molecule has 0 aliphatic carbocycles. The van der Waals surface area contributed by atoms with E-state index in [1.165, 1.54) is 5.56 Å². The van der Waals surface area contributed by atoms with Gasteiger partial charge in [-0.05, 0) is 50.9 Å². The maximum absolute atomic E-state index is 11.7. The predicted octanol–water partition coefficient (Wildman–Crippen LogP) is 3.21. The van der Waals surface area contributed by atoms with Gasteiger partial charge in [-0.25, -0.2) is 0 Å². The maximum Gasteiger partial charge on any atom is 0.220 e. The molecule has 5 heteroatoms. The summed E-state index contributed by atoms with van der Waals surface area (Å²) < 4.78 is 5.77. The van der Waals surface area contributed by atoms with Gasteiger partial charge >= 0.3 is 0 Å². The topological polar surface area (TPSA) is 64.3 Å². The van der Waals surface area contributed by atoms with Gasteiger partial charge in [-0.1, -0.05) is 25.0 Å².